The third kappa shape index (κ3) is 4.03. The fraction of sp³-hybridized carbons (Fsp3) is 0.312. The number of ether oxygens (including phenoxy) is 1. The van der Waals surface area contributed by atoms with Crippen LogP contribution >= 0.6 is 0 Å². The highest BCUT2D eigenvalue weighted by atomic mass is 19.1. The molecule has 0 radical (unpaired) electrons. The van der Waals surface area contributed by atoms with Gasteiger partial charge in [0, 0.05) is 30.4 Å². The van der Waals surface area contributed by atoms with Crippen LogP contribution in [0.1, 0.15) is 18.2 Å². The maximum Gasteiger partial charge on any atom is 0.165 e. The summed E-state index contributed by atoms with van der Waals surface area (Å²) in [7, 11) is 0. The molecule has 4 heteroatoms. The molecule has 0 fully saturated rings. The summed E-state index contributed by atoms with van der Waals surface area (Å²) < 4.78 is 19.4. The molecule has 2 rings (SSSR count). The minimum Gasteiger partial charge on any atom is -0.490 e. The van der Waals surface area contributed by atoms with Crippen molar-refractivity contribution in [2.24, 2.45) is 0 Å². The van der Waals surface area contributed by atoms with E-state index in [2.05, 4.69) is 10.3 Å². The van der Waals surface area contributed by atoms with E-state index in [9.17, 15) is 4.39 Å². The van der Waals surface area contributed by atoms with Crippen LogP contribution in [0.2, 0.25) is 0 Å². The van der Waals surface area contributed by atoms with Crippen molar-refractivity contribution in [1.82, 2.24) is 10.3 Å². The van der Waals surface area contributed by atoms with E-state index >= 15 is 0 Å². The summed E-state index contributed by atoms with van der Waals surface area (Å²) in [6.45, 7) is 3.87. The molecule has 0 spiro atoms. The number of para-hydroxylation sites is 1. The van der Waals surface area contributed by atoms with Crippen molar-refractivity contribution in [2.75, 3.05) is 13.2 Å². The Balaban J connectivity index is 1.97. The zero-order valence-corrected chi connectivity index (χ0v) is 11.6. The van der Waals surface area contributed by atoms with Gasteiger partial charge in [-0.15, -0.1) is 0 Å². The van der Waals surface area contributed by atoms with Gasteiger partial charge in [-0.2, -0.15) is 0 Å². The minimum absolute atomic E-state index is 0.318. The smallest absolute Gasteiger partial charge is 0.165 e. The molecule has 1 aromatic carbocycles. The highest BCUT2D eigenvalue weighted by Crippen LogP contribution is 2.22. The Labute approximate surface area is 118 Å². The summed E-state index contributed by atoms with van der Waals surface area (Å²) in [5.41, 5.74) is 1.78. The van der Waals surface area contributed by atoms with Crippen LogP contribution in [-0.4, -0.2) is 18.1 Å². The number of nitrogens with zero attached hydrogens (tertiary/aromatic N) is 1. The van der Waals surface area contributed by atoms with E-state index in [-0.39, 0.29) is 5.82 Å². The second-order valence-electron chi connectivity index (χ2n) is 4.43. The van der Waals surface area contributed by atoms with Crippen LogP contribution in [0.4, 0.5) is 4.39 Å². The molecule has 0 bridgehead atoms. The van der Waals surface area contributed by atoms with Gasteiger partial charge in [-0.3, -0.25) is 4.98 Å². The van der Waals surface area contributed by atoms with E-state index in [1.807, 2.05) is 31.2 Å². The maximum atomic E-state index is 13.8. The molecule has 1 heterocycles. The number of nitrogens with one attached hydrogen (secondary N) is 1. The van der Waals surface area contributed by atoms with Crippen LogP contribution in [0, 0.1) is 5.82 Å². The number of halogens is 1. The molecule has 0 atom stereocenters. The molecule has 0 aliphatic carbocycles. The Hall–Kier alpha value is -1.94. The van der Waals surface area contributed by atoms with Crippen LogP contribution in [-0.2, 0) is 13.0 Å². The lowest BCUT2D eigenvalue weighted by atomic mass is 10.2. The molecule has 0 amide bonds. The van der Waals surface area contributed by atoms with Gasteiger partial charge in [0.25, 0.3) is 0 Å². The normalized spacial score (nSPS) is 10.5. The monoisotopic (exact) mass is 274 g/mol. The van der Waals surface area contributed by atoms with Crippen LogP contribution in [0.25, 0.3) is 0 Å². The maximum absolute atomic E-state index is 13.8. The van der Waals surface area contributed by atoms with E-state index in [4.69, 9.17) is 4.74 Å². The number of hydrogen-bond donors (Lipinski definition) is 1. The van der Waals surface area contributed by atoms with Gasteiger partial charge in [-0.1, -0.05) is 25.1 Å². The van der Waals surface area contributed by atoms with E-state index in [0.29, 0.717) is 25.3 Å². The molecule has 20 heavy (non-hydrogen) atoms. The Morgan fingerprint density at radius 3 is 2.85 bits per heavy atom. The Morgan fingerprint density at radius 2 is 2.10 bits per heavy atom. The quantitative estimate of drug-likeness (QED) is 0.843. The Kier molecular flexibility index (Phi) is 5.50. The van der Waals surface area contributed by atoms with Crippen LogP contribution in [0.3, 0.4) is 0 Å². The standard InChI is InChI=1S/C16H19FN2O/c1-2-18-12-13-6-5-8-15(17)16(13)20-11-9-14-7-3-4-10-19-14/h3-8,10,18H,2,9,11-12H2,1H3. The molecular formula is C16H19FN2O. The van der Waals surface area contributed by atoms with Crippen molar-refractivity contribution in [3.05, 3.63) is 59.7 Å². The average molecular weight is 274 g/mol. The zero-order valence-electron chi connectivity index (χ0n) is 11.6. The second kappa shape index (κ2) is 7.60. The first-order valence-corrected chi connectivity index (χ1v) is 6.82. The first-order chi connectivity index (χ1) is 9.81. The SMILES string of the molecule is CCNCc1cccc(F)c1OCCc1ccccn1. The summed E-state index contributed by atoms with van der Waals surface area (Å²) in [6.07, 6.45) is 2.41. The van der Waals surface area contributed by atoms with Crippen LogP contribution in [0.15, 0.2) is 42.6 Å². The lowest BCUT2D eigenvalue weighted by Gasteiger charge is -2.12. The van der Waals surface area contributed by atoms with Crippen molar-refractivity contribution in [1.29, 1.82) is 0 Å². The molecule has 106 valence electrons. The highest BCUT2D eigenvalue weighted by Gasteiger charge is 2.09. The topological polar surface area (TPSA) is 34.1 Å². The molecule has 3 nitrogen and oxygen atoms in total. The van der Waals surface area contributed by atoms with Gasteiger partial charge in [0.15, 0.2) is 11.6 Å². The van der Waals surface area contributed by atoms with Gasteiger partial charge >= 0.3 is 0 Å². The Bertz CT molecular complexity index is 531. The Morgan fingerprint density at radius 1 is 1.20 bits per heavy atom. The summed E-state index contributed by atoms with van der Waals surface area (Å²) >= 11 is 0. The third-order valence-corrected chi connectivity index (χ3v) is 2.94. The largest absolute Gasteiger partial charge is 0.490 e. The van der Waals surface area contributed by atoms with Gasteiger partial charge < -0.3 is 10.1 Å². The number of rotatable bonds is 7. The molecular weight excluding hydrogens is 255 g/mol. The summed E-state index contributed by atoms with van der Waals surface area (Å²) in [5, 5.41) is 3.18. The van der Waals surface area contributed by atoms with Crippen LogP contribution in [0.5, 0.6) is 5.75 Å². The van der Waals surface area contributed by atoms with Gasteiger partial charge in [0.2, 0.25) is 0 Å². The fourth-order valence-corrected chi connectivity index (χ4v) is 1.92. The third-order valence-electron chi connectivity index (χ3n) is 2.94. The molecule has 0 saturated carbocycles. The lowest BCUT2D eigenvalue weighted by molar-refractivity contribution is 0.300. The lowest BCUT2D eigenvalue weighted by Crippen LogP contribution is -2.14. The van der Waals surface area contributed by atoms with E-state index in [1.165, 1.54) is 6.07 Å². The average Bonchev–Trinajstić information content (AvgIpc) is 2.48. The van der Waals surface area contributed by atoms with Crippen molar-refractivity contribution in [3.8, 4) is 5.75 Å². The van der Waals surface area contributed by atoms with Gasteiger partial charge in [-0.05, 0) is 24.7 Å². The van der Waals surface area contributed by atoms with Gasteiger partial charge in [0.05, 0.1) is 6.61 Å². The first kappa shape index (κ1) is 14.5. The predicted molar refractivity (Wildman–Crippen MR) is 77.2 cm³/mol. The summed E-state index contributed by atoms with van der Waals surface area (Å²) in [4.78, 5) is 4.22. The van der Waals surface area contributed by atoms with Crippen molar-refractivity contribution in [2.45, 2.75) is 19.9 Å². The van der Waals surface area contributed by atoms with Crippen LogP contribution < -0.4 is 10.1 Å². The van der Waals surface area contributed by atoms with Crippen molar-refractivity contribution >= 4 is 0 Å². The molecule has 0 unspecified atom stereocenters. The number of hydrogen-bond acceptors (Lipinski definition) is 3. The van der Waals surface area contributed by atoms with Gasteiger partial charge in [0.1, 0.15) is 0 Å². The fourth-order valence-electron chi connectivity index (χ4n) is 1.92. The van der Waals surface area contributed by atoms with E-state index in [1.54, 1.807) is 12.3 Å². The van der Waals surface area contributed by atoms with Crippen molar-refractivity contribution in [3.63, 3.8) is 0 Å². The first-order valence-electron chi connectivity index (χ1n) is 6.82. The molecule has 0 saturated heterocycles. The molecule has 0 aliphatic heterocycles. The van der Waals surface area contributed by atoms with Crippen molar-refractivity contribution < 1.29 is 9.13 Å². The van der Waals surface area contributed by atoms with E-state index in [0.717, 1.165) is 17.8 Å². The number of benzene rings is 1. The molecule has 1 N–H and O–H groups in total. The summed E-state index contributed by atoms with van der Waals surface area (Å²) in [5.74, 6) is 0.0193. The predicted octanol–water partition coefficient (Wildman–Crippen LogP) is 2.95. The second-order valence-corrected chi connectivity index (χ2v) is 4.43. The summed E-state index contributed by atoms with van der Waals surface area (Å²) in [6, 6.07) is 10.7. The number of pyridine rings is 1. The molecule has 0 aliphatic rings. The molecule has 1 aromatic heterocycles. The zero-order chi connectivity index (χ0) is 14.2. The van der Waals surface area contributed by atoms with E-state index < -0.39 is 0 Å². The minimum atomic E-state index is -0.318. The highest BCUT2D eigenvalue weighted by molar-refractivity contribution is 5.35. The number of aromatic nitrogens is 1. The molecule has 2 aromatic rings. The van der Waals surface area contributed by atoms with Gasteiger partial charge in [-0.25, -0.2) is 4.39 Å².